The number of phosphoric acid groups is 1. The normalized spacial score (nSPS) is 14.6. The first-order chi connectivity index (χ1) is 33.5. The molecule has 0 aromatic carbocycles. The van der Waals surface area contributed by atoms with Crippen LogP contribution in [0.2, 0.25) is 0 Å². The largest absolute Gasteiger partial charge is 0.472 e. The summed E-state index contributed by atoms with van der Waals surface area (Å²) in [6.45, 7) is 4.68. The van der Waals surface area contributed by atoms with Crippen molar-refractivity contribution in [1.82, 2.24) is 5.32 Å². The molecule has 0 aliphatic carbocycles. The number of rotatable bonds is 51. The zero-order valence-electron chi connectivity index (χ0n) is 45.5. The number of unbranched alkanes of at least 4 members (excludes halogenated alkanes) is 26. The molecular formula is C60H110N2O6P+. The lowest BCUT2D eigenvalue weighted by atomic mass is 10.0. The van der Waals surface area contributed by atoms with Gasteiger partial charge in [0.2, 0.25) is 5.91 Å². The molecule has 0 aliphatic heterocycles. The van der Waals surface area contributed by atoms with Gasteiger partial charge in [-0.15, -0.1) is 0 Å². The lowest BCUT2D eigenvalue weighted by molar-refractivity contribution is -0.870. The number of carbonyl (C=O) groups is 1. The molecule has 3 unspecified atom stereocenters. The van der Waals surface area contributed by atoms with Gasteiger partial charge < -0.3 is 19.8 Å². The van der Waals surface area contributed by atoms with Gasteiger partial charge in [0, 0.05) is 6.42 Å². The summed E-state index contributed by atoms with van der Waals surface area (Å²) < 4.78 is 23.6. The van der Waals surface area contributed by atoms with E-state index in [1.807, 2.05) is 27.2 Å². The van der Waals surface area contributed by atoms with E-state index in [0.717, 1.165) is 77.0 Å². The van der Waals surface area contributed by atoms with Gasteiger partial charge in [-0.3, -0.25) is 13.8 Å². The Morgan fingerprint density at radius 1 is 0.507 bits per heavy atom. The van der Waals surface area contributed by atoms with E-state index in [-0.39, 0.29) is 19.1 Å². The van der Waals surface area contributed by atoms with E-state index in [0.29, 0.717) is 17.4 Å². The van der Waals surface area contributed by atoms with Crippen LogP contribution in [0.4, 0.5) is 0 Å². The average Bonchev–Trinajstić information content (AvgIpc) is 3.31. The zero-order chi connectivity index (χ0) is 50.6. The van der Waals surface area contributed by atoms with Crippen molar-refractivity contribution >= 4 is 13.7 Å². The van der Waals surface area contributed by atoms with E-state index in [4.69, 9.17) is 9.05 Å². The van der Waals surface area contributed by atoms with Gasteiger partial charge in [-0.05, 0) is 70.6 Å². The van der Waals surface area contributed by atoms with Gasteiger partial charge in [0.05, 0.1) is 39.9 Å². The Hall–Kier alpha value is -2.32. The number of allylic oxidation sites excluding steroid dienone is 13. The van der Waals surface area contributed by atoms with E-state index in [2.05, 4.69) is 92.1 Å². The van der Waals surface area contributed by atoms with Crippen LogP contribution in [0.15, 0.2) is 85.1 Å². The van der Waals surface area contributed by atoms with Crippen molar-refractivity contribution in [3.8, 4) is 0 Å². The monoisotopic (exact) mass is 986 g/mol. The summed E-state index contributed by atoms with van der Waals surface area (Å²) >= 11 is 0. The molecule has 0 rings (SSSR count). The molecule has 9 heteroatoms. The number of quaternary nitrogens is 1. The standard InChI is InChI=1S/C60H109N2O6P/c1-6-8-10-12-14-16-18-19-20-21-22-23-24-25-26-27-28-29-30-31-32-33-34-35-36-37-38-39-40-41-42-43-44-46-48-50-52-54-60(64)61-58(57-68-69(65,66)67-56-55-62(3,4)5)59(63)53-51-49-47-45-17-15-13-11-9-7-2/h8,10,14,16,19-20,22-23,25-26,28-29,51,53,58-59,63H,6-7,9,11-13,15,17-18,21,24,27,30-50,52,54-57H2,1-5H3,(H-,61,64,65,66)/p+1/b10-8-,16-14-,20-19-,23-22-,26-25-,29-28-,53-51+. The van der Waals surface area contributed by atoms with Gasteiger partial charge in [-0.2, -0.15) is 0 Å². The summed E-state index contributed by atoms with van der Waals surface area (Å²) in [6.07, 6.45) is 71.3. The van der Waals surface area contributed by atoms with Gasteiger partial charge in [-0.1, -0.05) is 247 Å². The fraction of sp³-hybridized carbons (Fsp3) is 0.750. The van der Waals surface area contributed by atoms with Crippen molar-refractivity contribution in [2.45, 2.75) is 251 Å². The Morgan fingerprint density at radius 2 is 0.870 bits per heavy atom. The number of carbonyl (C=O) groups excluding carboxylic acids is 1. The molecule has 400 valence electrons. The van der Waals surface area contributed by atoms with E-state index in [9.17, 15) is 19.4 Å². The van der Waals surface area contributed by atoms with Crippen LogP contribution in [-0.2, 0) is 18.4 Å². The molecule has 69 heavy (non-hydrogen) atoms. The van der Waals surface area contributed by atoms with E-state index in [1.165, 1.54) is 141 Å². The van der Waals surface area contributed by atoms with Crippen molar-refractivity contribution < 1.29 is 32.9 Å². The second-order valence-corrected chi connectivity index (χ2v) is 21.7. The SMILES string of the molecule is CC/C=C\C/C=C\C/C=C\C/C=C\C/C=C\C/C=C\CCCCCCCCCCCCCCCCCCCCC(=O)NC(COP(=O)(O)OCC[N+](C)(C)C)C(O)/C=C/CCCCCCCCCC. The molecule has 0 aliphatic rings. The number of amides is 1. The number of nitrogens with zero attached hydrogens (tertiary/aromatic N) is 1. The summed E-state index contributed by atoms with van der Waals surface area (Å²) in [5.74, 6) is -0.179. The summed E-state index contributed by atoms with van der Waals surface area (Å²) in [6, 6.07) is -0.847. The van der Waals surface area contributed by atoms with Gasteiger partial charge in [-0.25, -0.2) is 4.57 Å². The Kier molecular flexibility index (Phi) is 48.9. The van der Waals surface area contributed by atoms with Gasteiger partial charge in [0.15, 0.2) is 0 Å². The highest BCUT2D eigenvalue weighted by atomic mass is 31.2. The maximum atomic E-state index is 12.9. The van der Waals surface area contributed by atoms with Crippen molar-refractivity contribution in [2.75, 3.05) is 40.9 Å². The molecule has 8 nitrogen and oxygen atoms in total. The smallest absolute Gasteiger partial charge is 0.387 e. The van der Waals surface area contributed by atoms with Crippen molar-refractivity contribution in [1.29, 1.82) is 0 Å². The number of hydrogen-bond donors (Lipinski definition) is 3. The molecule has 3 atom stereocenters. The van der Waals surface area contributed by atoms with Gasteiger partial charge >= 0.3 is 7.82 Å². The molecule has 0 spiro atoms. The zero-order valence-corrected chi connectivity index (χ0v) is 46.4. The first kappa shape index (κ1) is 66.7. The first-order valence-electron chi connectivity index (χ1n) is 28.5. The Balaban J connectivity index is 3.94. The van der Waals surface area contributed by atoms with Crippen molar-refractivity contribution in [3.05, 3.63) is 85.1 Å². The van der Waals surface area contributed by atoms with Crippen LogP contribution in [0, 0.1) is 0 Å². The summed E-state index contributed by atoms with van der Waals surface area (Å²) in [5, 5.41) is 13.8. The van der Waals surface area contributed by atoms with Crippen LogP contribution >= 0.6 is 7.82 Å². The summed E-state index contributed by atoms with van der Waals surface area (Å²) in [5.41, 5.74) is 0. The second kappa shape index (κ2) is 50.6. The lowest BCUT2D eigenvalue weighted by Gasteiger charge is -2.25. The quantitative estimate of drug-likeness (QED) is 0.0243. The highest BCUT2D eigenvalue weighted by Crippen LogP contribution is 2.43. The van der Waals surface area contributed by atoms with Crippen molar-refractivity contribution in [3.63, 3.8) is 0 Å². The van der Waals surface area contributed by atoms with Crippen LogP contribution in [0.1, 0.15) is 239 Å². The van der Waals surface area contributed by atoms with E-state index in [1.54, 1.807) is 6.08 Å². The summed E-state index contributed by atoms with van der Waals surface area (Å²) in [7, 11) is 1.57. The fourth-order valence-electron chi connectivity index (χ4n) is 7.93. The van der Waals surface area contributed by atoms with Crippen LogP contribution in [0.5, 0.6) is 0 Å². The molecule has 0 aromatic heterocycles. The molecule has 0 saturated carbocycles. The maximum Gasteiger partial charge on any atom is 0.472 e. The van der Waals surface area contributed by atoms with E-state index < -0.39 is 20.0 Å². The molecular weight excluding hydrogens is 876 g/mol. The molecule has 0 bridgehead atoms. The number of aliphatic hydroxyl groups excluding tert-OH is 1. The Bertz CT molecular complexity index is 1400. The third-order valence-corrected chi connectivity index (χ3v) is 13.4. The van der Waals surface area contributed by atoms with Gasteiger partial charge in [0.1, 0.15) is 13.2 Å². The molecule has 0 saturated heterocycles. The average molecular weight is 987 g/mol. The highest BCUT2D eigenvalue weighted by molar-refractivity contribution is 7.47. The minimum atomic E-state index is -4.34. The highest BCUT2D eigenvalue weighted by Gasteiger charge is 2.27. The van der Waals surface area contributed by atoms with Crippen LogP contribution < -0.4 is 5.32 Å². The molecule has 0 heterocycles. The minimum absolute atomic E-state index is 0.0600. The number of phosphoric ester groups is 1. The minimum Gasteiger partial charge on any atom is -0.387 e. The Labute approximate surface area is 426 Å². The second-order valence-electron chi connectivity index (χ2n) is 20.3. The molecule has 0 radical (unpaired) electrons. The topological polar surface area (TPSA) is 105 Å². The molecule has 0 aromatic rings. The molecule has 3 N–H and O–H groups in total. The predicted molar refractivity (Wildman–Crippen MR) is 299 cm³/mol. The summed E-state index contributed by atoms with van der Waals surface area (Å²) in [4.78, 5) is 23.2. The van der Waals surface area contributed by atoms with Gasteiger partial charge in [0.25, 0.3) is 0 Å². The molecule has 1 amide bonds. The lowest BCUT2D eigenvalue weighted by Crippen LogP contribution is -2.45. The number of nitrogens with one attached hydrogen (secondary N) is 1. The van der Waals surface area contributed by atoms with Crippen molar-refractivity contribution in [2.24, 2.45) is 0 Å². The van der Waals surface area contributed by atoms with Crippen LogP contribution in [0.3, 0.4) is 0 Å². The number of likely N-dealkylation sites (N-methyl/N-ethyl adjacent to an activating group) is 1. The van der Waals surface area contributed by atoms with E-state index >= 15 is 0 Å². The molecule has 0 fully saturated rings. The number of hydrogen-bond acceptors (Lipinski definition) is 5. The fourth-order valence-corrected chi connectivity index (χ4v) is 8.66. The maximum absolute atomic E-state index is 12.9. The van der Waals surface area contributed by atoms with Crippen LogP contribution in [-0.4, -0.2) is 73.4 Å². The predicted octanol–water partition coefficient (Wildman–Crippen LogP) is 17.3. The first-order valence-corrected chi connectivity index (χ1v) is 30.0. The number of aliphatic hydroxyl groups is 1. The third-order valence-electron chi connectivity index (χ3n) is 12.4. The van der Waals surface area contributed by atoms with Crippen LogP contribution in [0.25, 0.3) is 0 Å². The third kappa shape index (κ3) is 53.3. The Morgan fingerprint density at radius 3 is 1.28 bits per heavy atom.